The Morgan fingerprint density at radius 2 is 1.82 bits per heavy atom. The highest BCUT2D eigenvalue weighted by molar-refractivity contribution is 6.11. The first-order valence-electron chi connectivity index (χ1n) is 10.5. The van der Waals surface area contributed by atoms with Gasteiger partial charge in [0.1, 0.15) is 17.1 Å². The van der Waals surface area contributed by atoms with Crippen molar-refractivity contribution in [1.29, 1.82) is 0 Å². The summed E-state index contributed by atoms with van der Waals surface area (Å²) in [4.78, 5) is 25.8. The van der Waals surface area contributed by atoms with Gasteiger partial charge < -0.3 is 29.2 Å². The van der Waals surface area contributed by atoms with Crippen LogP contribution in [0.2, 0.25) is 0 Å². The fourth-order valence-electron chi connectivity index (χ4n) is 4.32. The predicted molar refractivity (Wildman–Crippen MR) is 117 cm³/mol. The van der Waals surface area contributed by atoms with Crippen LogP contribution in [0, 0.1) is 0 Å². The number of fused-ring (bicyclic) bond motifs is 1. The van der Waals surface area contributed by atoms with E-state index in [9.17, 15) is 19.8 Å². The van der Waals surface area contributed by atoms with Gasteiger partial charge in [-0.1, -0.05) is 24.3 Å². The van der Waals surface area contributed by atoms with Gasteiger partial charge in [0.05, 0.1) is 25.9 Å². The zero-order valence-electron chi connectivity index (χ0n) is 18.9. The molecule has 2 N–H and O–H groups in total. The molecule has 2 aromatic rings. The van der Waals surface area contributed by atoms with Crippen molar-refractivity contribution in [2.45, 2.75) is 44.0 Å². The van der Waals surface area contributed by atoms with E-state index in [2.05, 4.69) is 0 Å². The number of carbonyl (C=O) groups is 2. The Bertz CT molecular complexity index is 1130. The molecular weight excluding hydrogens is 428 g/mol. The summed E-state index contributed by atoms with van der Waals surface area (Å²) in [6, 6.07) is 11.4. The number of esters is 2. The second-order valence-electron chi connectivity index (χ2n) is 8.71. The Balaban J connectivity index is 1.81. The summed E-state index contributed by atoms with van der Waals surface area (Å²) in [6.07, 6.45) is -0.349. The number of methoxy groups -OCH3 is 2. The third kappa shape index (κ3) is 3.80. The number of cyclic esters (lactones) is 1. The molecule has 0 spiro atoms. The van der Waals surface area contributed by atoms with Gasteiger partial charge in [-0.2, -0.15) is 0 Å². The lowest BCUT2D eigenvalue weighted by Gasteiger charge is -2.37. The molecule has 0 amide bonds. The number of phenolic OH excluding ortho intramolecular Hbond substituents is 1. The number of phenols is 1. The number of aliphatic hydroxyl groups excluding tert-OH is 1. The molecule has 2 aliphatic heterocycles. The predicted octanol–water partition coefficient (Wildman–Crippen LogP) is 2.54. The summed E-state index contributed by atoms with van der Waals surface area (Å²) in [5, 5.41) is 20.1. The summed E-state index contributed by atoms with van der Waals surface area (Å²) in [6.45, 7) is 3.64. The van der Waals surface area contributed by atoms with Gasteiger partial charge in [0, 0.05) is 12.8 Å². The maximum atomic E-state index is 13.1. The van der Waals surface area contributed by atoms with Crippen molar-refractivity contribution in [3.8, 4) is 11.5 Å². The molecule has 0 radical (unpaired) electrons. The molecular formula is C25H26O8. The molecule has 2 atom stereocenters. The van der Waals surface area contributed by atoms with Crippen molar-refractivity contribution in [3.63, 3.8) is 0 Å². The second kappa shape index (κ2) is 8.12. The lowest BCUT2D eigenvalue weighted by atomic mass is 9.82. The molecule has 0 aliphatic carbocycles. The van der Waals surface area contributed by atoms with Crippen LogP contribution in [0.3, 0.4) is 0 Å². The number of carbonyl (C=O) groups excluding carboxylic acids is 2. The third-order valence-electron chi connectivity index (χ3n) is 6.13. The largest absolute Gasteiger partial charge is 0.508 e. The Morgan fingerprint density at radius 1 is 1.12 bits per heavy atom. The lowest BCUT2D eigenvalue weighted by molar-refractivity contribution is -0.169. The van der Waals surface area contributed by atoms with Crippen molar-refractivity contribution >= 4 is 17.5 Å². The molecule has 8 heteroatoms. The van der Waals surface area contributed by atoms with Crippen LogP contribution < -0.4 is 4.74 Å². The van der Waals surface area contributed by atoms with Crippen LogP contribution in [0.1, 0.15) is 30.5 Å². The number of aliphatic hydroxyl groups is 1. The molecule has 0 aromatic heterocycles. The molecule has 4 rings (SSSR count). The topological polar surface area (TPSA) is 112 Å². The van der Waals surface area contributed by atoms with E-state index in [0.29, 0.717) is 23.3 Å². The number of benzene rings is 2. The molecule has 2 heterocycles. The molecule has 2 aliphatic rings. The van der Waals surface area contributed by atoms with Crippen LogP contribution in [0.15, 0.2) is 48.2 Å². The molecule has 174 valence electrons. The smallest absolute Gasteiger partial charge is 0.375 e. The number of hydrogen-bond acceptors (Lipinski definition) is 8. The average molecular weight is 454 g/mol. The number of rotatable bonds is 5. The first kappa shape index (κ1) is 22.7. The lowest BCUT2D eigenvalue weighted by Crippen LogP contribution is -2.46. The van der Waals surface area contributed by atoms with Crippen LogP contribution >= 0.6 is 0 Å². The van der Waals surface area contributed by atoms with Crippen LogP contribution in [-0.4, -0.2) is 53.7 Å². The number of hydrogen-bond donors (Lipinski definition) is 2. The molecule has 2 aromatic carbocycles. The van der Waals surface area contributed by atoms with Gasteiger partial charge in [0.2, 0.25) is 11.4 Å². The SMILES string of the molecule is COC(=O)[C@@]1(Cc2ccc3c(c2)C[C@H](O)C(C)(C)O3)OC(=O)C(OC)=C1c1ccc(O)cc1. The highest BCUT2D eigenvalue weighted by atomic mass is 16.6. The normalized spacial score (nSPS) is 23.4. The minimum absolute atomic E-state index is 0.0265. The minimum Gasteiger partial charge on any atom is -0.508 e. The van der Waals surface area contributed by atoms with Gasteiger partial charge in [0.15, 0.2) is 0 Å². The van der Waals surface area contributed by atoms with Crippen LogP contribution in [0.25, 0.3) is 5.57 Å². The van der Waals surface area contributed by atoms with Gasteiger partial charge >= 0.3 is 11.9 Å². The van der Waals surface area contributed by atoms with Gasteiger partial charge in [-0.15, -0.1) is 0 Å². The molecule has 0 bridgehead atoms. The molecule has 0 fully saturated rings. The standard InChI is InChI=1S/C25H26O8/c1-24(2)19(27)12-16-11-14(5-10-18(16)32-24)13-25(23(29)31-4)20(21(30-3)22(28)33-25)15-6-8-17(26)9-7-15/h5-11,19,26-27H,12-13H2,1-4H3/t19-,25-/m0/s1. The molecule has 33 heavy (non-hydrogen) atoms. The average Bonchev–Trinajstić information content (AvgIpc) is 3.06. The summed E-state index contributed by atoms with van der Waals surface area (Å²) >= 11 is 0. The van der Waals surface area contributed by atoms with Crippen molar-refractivity contribution in [2.75, 3.05) is 14.2 Å². The Labute approximate surface area is 191 Å². The fraction of sp³-hybridized carbons (Fsp3) is 0.360. The van der Waals surface area contributed by atoms with E-state index >= 15 is 0 Å². The molecule has 0 saturated heterocycles. The van der Waals surface area contributed by atoms with Gasteiger partial charge in [-0.25, -0.2) is 9.59 Å². The van der Waals surface area contributed by atoms with Crippen molar-refractivity contribution < 1.29 is 38.7 Å². The number of aromatic hydroxyl groups is 1. The maximum absolute atomic E-state index is 13.1. The Morgan fingerprint density at radius 3 is 2.45 bits per heavy atom. The first-order valence-corrected chi connectivity index (χ1v) is 10.5. The third-order valence-corrected chi connectivity index (χ3v) is 6.13. The van der Waals surface area contributed by atoms with Gasteiger partial charge in [-0.3, -0.25) is 0 Å². The van der Waals surface area contributed by atoms with E-state index < -0.39 is 29.2 Å². The zero-order chi connectivity index (χ0) is 24.0. The van der Waals surface area contributed by atoms with Gasteiger partial charge in [0.25, 0.3) is 0 Å². The van der Waals surface area contributed by atoms with E-state index in [-0.39, 0.29) is 23.5 Å². The van der Waals surface area contributed by atoms with E-state index in [1.807, 2.05) is 19.9 Å². The molecule has 0 unspecified atom stereocenters. The monoisotopic (exact) mass is 454 g/mol. The minimum atomic E-state index is -1.80. The quantitative estimate of drug-likeness (QED) is 0.663. The van der Waals surface area contributed by atoms with Gasteiger partial charge in [-0.05, 0) is 48.7 Å². The zero-order valence-corrected chi connectivity index (χ0v) is 18.9. The summed E-state index contributed by atoms with van der Waals surface area (Å²) in [7, 11) is 2.54. The van der Waals surface area contributed by atoms with Crippen molar-refractivity contribution in [2.24, 2.45) is 0 Å². The van der Waals surface area contributed by atoms with Crippen LogP contribution in [0.4, 0.5) is 0 Å². The Hall–Kier alpha value is -3.52. The van der Waals surface area contributed by atoms with E-state index in [1.54, 1.807) is 24.3 Å². The van der Waals surface area contributed by atoms with E-state index in [4.69, 9.17) is 18.9 Å². The first-order chi connectivity index (χ1) is 15.6. The second-order valence-corrected chi connectivity index (χ2v) is 8.71. The van der Waals surface area contributed by atoms with Crippen LogP contribution in [0.5, 0.6) is 11.5 Å². The highest BCUT2D eigenvalue weighted by Gasteiger charge is 2.56. The Kier molecular flexibility index (Phi) is 5.57. The summed E-state index contributed by atoms with van der Waals surface area (Å²) < 4.78 is 22.0. The van der Waals surface area contributed by atoms with Crippen molar-refractivity contribution in [3.05, 3.63) is 64.9 Å². The molecule has 0 saturated carbocycles. The molecule has 8 nitrogen and oxygen atoms in total. The van der Waals surface area contributed by atoms with E-state index in [0.717, 1.165) is 5.56 Å². The maximum Gasteiger partial charge on any atom is 0.375 e. The fourth-order valence-corrected chi connectivity index (χ4v) is 4.32. The summed E-state index contributed by atoms with van der Waals surface area (Å²) in [5.41, 5.74) is -0.362. The van der Waals surface area contributed by atoms with E-state index in [1.165, 1.54) is 26.4 Å². The number of ether oxygens (including phenoxy) is 4. The summed E-state index contributed by atoms with van der Waals surface area (Å²) in [5.74, 6) is -0.977. The highest BCUT2D eigenvalue weighted by Crippen LogP contribution is 2.44. The van der Waals surface area contributed by atoms with Crippen LogP contribution in [-0.2, 0) is 36.6 Å². The van der Waals surface area contributed by atoms with Crippen molar-refractivity contribution in [1.82, 2.24) is 0 Å².